The third-order valence-corrected chi connectivity index (χ3v) is 4.51. The van der Waals surface area contributed by atoms with Gasteiger partial charge in [-0.25, -0.2) is 14.4 Å². The van der Waals surface area contributed by atoms with Crippen molar-refractivity contribution in [1.82, 2.24) is 20.3 Å². The second kappa shape index (κ2) is 8.99. The first kappa shape index (κ1) is 20.7. The normalized spacial score (nSPS) is 19.2. The summed E-state index contributed by atoms with van der Waals surface area (Å²) in [5.41, 5.74) is 1.09. The van der Waals surface area contributed by atoms with Crippen molar-refractivity contribution in [3.8, 4) is 0 Å². The lowest BCUT2D eigenvalue weighted by atomic mass is 10.1. The first-order valence-corrected chi connectivity index (χ1v) is 9.53. The maximum absolute atomic E-state index is 13.8. The Labute approximate surface area is 168 Å². The van der Waals surface area contributed by atoms with Crippen molar-refractivity contribution in [3.63, 3.8) is 0 Å². The SMILES string of the molecule is CNC(=O)c1cnc(Nc2ccnc(N3CC[C@@H](O)[C@@H](F)C3)n2)cc1NC(C)C. The summed E-state index contributed by atoms with van der Waals surface area (Å²) in [6, 6.07) is 3.54. The van der Waals surface area contributed by atoms with Crippen LogP contribution in [-0.4, -0.2) is 64.4 Å². The van der Waals surface area contributed by atoms with Gasteiger partial charge in [-0.2, -0.15) is 4.98 Å². The number of amides is 1. The lowest BCUT2D eigenvalue weighted by molar-refractivity contribution is 0.0612. The van der Waals surface area contributed by atoms with Crippen molar-refractivity contribution in [3.05, 3.63) is 30.1 Å². The van der Waals surface area contributed by atoms with Gasteiger partial charge in [0, 0.05) is 38.1 Å². The summed E-state index contributed by atoms with van der Waals surface area (Å²) < 4.78 is 13.8. The smallest absolute Gasteiger partial charge is 0.254 e. The van der Waals surface area contributed by atoms with Crippen LogP contribution in [0.4, 0.5) is 27.7 Å². The fourth-order valence-electron chi connectivity index (χ4n) is 3.05. The van der Waals surface area contributed by atoms with E-state index in [2.05, 4.69) is 30.9 Å². The van der Waals surface area contributed by atoms with E-state index >= 15 is 0 Å². The highest BCUT2D eigenvalue weighted by molar-refractivity contribution is 5.99. The minimum atomic E-state index is -1.33. The Balaban J connectivity index is 1.80. The predicted molar refractivity (Wildman–Crippen MR) is 109 cm³/mol. The molecule has 4 N–H and O–H groups in total. The van der Waals surface area contributed by atoms with Gasteiger partial charge in [0.15, 0.2) is 0 Å². The highest BCUT2D eigenvalue weighted by Crippen LogP contribution is 2.23. The molecular formula is C19H26FN7O2. The standard InChI is InChI=1S/C19H26FN7O2/c1-11(2)24-14-8-17(23-9-12(14)18(29)21-3)25-16-4-6-22-19(26-16)27-7-5-15(28)13(20)10-27/h4,6,8-9,11,13,15,28H,5,7,10H2,1-3H3,(H,21,29)(H2,22,23,24,25,26)/t13-,15+/m0/s1. The van der Waals surface area contributed by atoms with Crippen LogP contribution in [0, 0.1) is 0 Å². The molecule has 0 spiro atoms. The van der Waals surface area contributed by atoms with Gasteiger partial charge in [0.25, 0.3) is 5.91 Å². The molecule has 0 unspecified atom stereocenters. The average molecular weight is 403 g/mol. The molecule has 10 heteroatoms. The number of aliphatic hydroxyl groups is 1. The lowest BCUT2D eigenvalue weighted by Gasteiger charge is -2.32. The second-order valence-electron chi connectivity index (χ2n) is 7.18. The number of alkyl halides is 1. The van der Waals surface area contributed by atoms with Gasteiger partial charge in [-0.05, 0) is 26.3 Å². The number of anilines is 4. The van der Waals surface area contributed by atoms with Gasteiger partial charge < -0.3 is 26.0 Å². The minimum Gasteiger partial charge on any atom is -0.390 e. The number of hydrogen-bond donors (Lipinski definition) is 4. The van der Waals surface area contributed by atoms with Crippen molar-refractivity contribution in [2.45, 2.75) is 38.6 Å². The fraction of sp³-hybridized carbons (Fsp3) is 0.474. The average Bonchev–Trinajstić information content (AvgIpc) is 2.69. The van der Waals surface area contributed by atoms with E-state index in [1.54, 1.807) is 30.3 Å². The summed E-state index contributed by atoms with van der Waals surface area (Å²) in [5.74, 6) is 1.15. The highest BCUT2D eigenvalue weighted by atomic mass is 19.1. The van der Waals surface area contributed by atoms with Crippen molar-refractivity contribution < 1.29 is 14.3 Å². The molecule has 0 aliphatic carbocycles. The fourth-order valence-corrected chi connectivity index (χ4v) is 3.05. The number of carbonyl (C=O) groups excluding carboxylic acids is 1. The highest BCUT2D eigenvalue weighted by Gasteiger charge is 2.28. The number of carbonyl (C=O) groups is 1. The van der Waals surface area contributed by atoms with E-state index in [0.29, 0.717) is 41.8 Å². The maximum Gasteiger partial charge on any atom is 0.254 e. The molecule has 1 aliphatic heterocycles. The van der Waals surface area contributed by atoms with Crippen LogP contribution in [0.2, 0.25) is 0 Å². The Morgan fingerprint density at radius 1 is 1.34 bits per heavy atom. The van der Waals surface area contributed by atoms with Gasteiger partial charge in [0.2, 0.25) is 5.95 Å². The summed E-state index contributed by atoms with van der Waals surface area (Å²) in [4.78, 5) is 26.7. The van der Waals surface area contributed by atoms with Crippen LogP contribution in [0.15, 0.2) is 24.5 Å². The largest absolute Gasteiger partial charge is 0.390 e. The molecule has 1 fully saturated rings. The van der Waals surface area contributed by atoms with E-state index in [4.69, 9.17) is 0 Å². The molecule has 2 aromatic rings. The molecule has 3 heterocycles. The quantitative estimate of drug-likeness (QED) is 0.576. The number of aliphatic hydroxyl groups excluding tert-OH is 1. The molecule has 29 heavy (non-hydrogen) atoms. The van der Waals surface area contributed by atoms with E-state index < -0.39 is 12.3 Å². The first-order chi connectivity index (χ1) is 13.9. The third kappa shape index (κ3) is 5.08. The summed E-state index contributed by atoms with van der Waals surface area (Å²) in [7, 11) is 1.57. The molecule has 1 aliphatic rings. The van der Waals surface area contributed by atoms with E-state index in [0.717, 1.165) is 0 Å². The van der Waals surface area contributed by atoms with E-state index in [1.165, 1.54) is 6.20 Å². The molecule has 0 radical (unpaired) electrons. The van der Waals surface area contributed by atoms with Crippen LogP contribution < -0.4 is 20.9 Å². The maximum atomic E-state index is 13.8. The third-order valence-electron chi connectivity index (χ3n) is 4.51. The van der Waals surface area contributed by atoms with Crippen LogP contribution in [-0.2, 0) is 0 Å². The molecule has 156 valence electrons. The van der Waals surface area contributed by atoms with E-state index in [1.807, 2.05) is 13.8 Å². The number of pyridine rings is 1. The Kier molecular flexibility index (Phi) is 6.42. The topological polar surface area (TPSA) is 115 Å². The van der Waals surface area contributed by atoms with Crippen LogP contribution in [0.3, 0.4) is 0 Å². The Hall–Kier alpha value is -3.01. The number of piperidine rings is 1. The second-order valence-corrected chi connectivity index (χ2v) is 7.18. The lowest BCUT2D eigenvalue weighted by Crippen LogP contribution is -2.45. The summed E-state index contributed by atoms with van der Waals surface area (Å²) in [6.45, 7) is 4.48. The number of rotatable bonds is 6. The Morgan fingerprint density at radius 2 is 2.14 bits per heavy atom. The minimum absolute atomic E-state index is 0.0478. The van der Waals surface area contributed by atoms with Crippen molar-refractivity contribution in [2.75, 3.05) is 35.7 Å². The Morgan fingerprint density at radius 3 is 2.83 bits per heavy atom. The monoisotopic (exact) mass is 403 g/mol. The zero-order valence-electron chi connectivity index (χ0n) is 16.7. The van der Waals surface area contributed by atoms with Gasteiger partial charge in [-0.3, -0.25) is 4.79 Å². The molecule has 9 nitrogen and oxygen atoms in total. The van der Waals surface area contributed by atoms with Crippen molar-refractivity contribution >= 4 is 29.2 Å². The van der Waals surface area contributed by atoms with Crippen LogP contribution >= 0.6 is 0 Å². The van der Waals surface area contributed by atoms with E-state index in [9.17, 15) is 14.3 Å². The molecule has 0 aromatic carbocycles. The van der Waals surface area contributed by atoms with Crippen LogP contribution in [0.5, 0.6) is 0 Å². The summed E-state index contributed by atoms with van der Waals surface area (Å²) in [5, 5.41) is 18.5. The van der Waals surface area contributed by atoms with Gasteiger partial charge in [-0.15, -0.1) is 0 Å². The molecule has 3 rings (SSSR count). The van der Waals surface area contributed by atoms with Crippen LogP contribution in [0.1, 0.15) is 30.6 Å². The van der Waals surface area contributed by atoms with Gasteiger partial charge >= 0.3 is 0 Å². The van der Waals surface area contributed by atoms with Gasteiger partial charge in [-0.1, -0.05) is 0 Å². The van der Waals surface area contributed by atoms with Crippen molar-refractivity contribution in [1.29, 1.82) is 0 Å². The molecule has 0 bridgehead atoms. The molecule has 2 aromatic heterocycles. The van der Waals surface area contributed by atoms with Crippen LogP contribution in [0.25, 0.3) is 0 Å². The molecular weight excluding hydrogens is 377 g/mol. The van der Waals surface area contributed by atoms with Gasteiger partial charge in [0.1, 0.15) is 17.8 Å². The molecule has 1 amide bonds. The summed E-state index contributed by atoms with van der Waals surface area (Å²) in [6.07, 6.45) is 1.13. The van der Waals surface area contributed by atoms with Crippen molar-refractivity contribution in [2.24, 2.45) is 0 Å². The first-order valence-electron chi connectivity index (χ1n) is 9.53. The number of nitrogens with one attached hydrogen (secondary N) is 3. The molecule has 2 atom stereocenters. The van der Waals surface area contributed by atoms with Gasteiger partial charge in [0.05, 0.1) is 23.9 Å². The Bertz CT molecular complexity index is 864. The zero-order valence-corrected chi connectivity index (χ0v) is 16.7. The predicted octanol–water partition coefficient (Wildman–Crippen LogP) is 1.70. The van der Waals surface area contributed by atoms with E-state index in [-0.39, 0.29) is 18.5 Å². The number of nitrogens with zero attached hydrogens (tertiary/aromatic N) is 4. The number of aromatic nitrogens is 3. The zero-order chi connectivity index (χ0) is 21.0. The molecule has 0 saturated carbocycles. The number of hydrogen-bond acceptors (Lipinski definition) is 8. The number of halogens is 1. The molecule has 1 saturated heterocycles. The summed E-state index contributed by atoms with van der Waals surface area (Å²) >= 11 is 0.